The smallest absolute Gasteiger partial charge is 0.248 e. The zero-order chi connectivity index (χ0) is 14.7. The molecular formula is C15H19N3O3. The Morgan fingerprint density at radius 3 is 2.86 bits per heavy atom. The van der Waals surface area contributed by atoms with Crippen LogP contribution in [-0.2, 0) is 20.9 Å². The lowest BCUT2D eigenvalue weighted by atomic mass is 10.1. The van der Waals surface area contributed by atoms with Gasteiger partial charge in [0.05, 0.1) is 13.2 Å². The number of carbonyl (C=O) groups is 2. The van der Waals surface area contributed by atoms with Gasteiger partial charge in [-0.25, -0.2) is 0 Å². The molecular weight excluding hydrogens is 270 g/mol. The maximum absolute atomic E-state index is 12.4. The van der Waals surface area contributed by atoms with E-state index in [1.807, 2.05) is 30.3 Å². The third-order valence-corrected chi connectivity index (χ3v) is 3.84. The van der Waals surface area contributed by atoms with E-state index in [1.54, 1.807) is 4.90 Å². The number of rotatable bonds is 4. The van der Waals surface area contributed by atoms with Crippen molar-refractivity contribution in [1.29, 1.82) is 0 Å². The van der Waals surface area contributed by atoms with Crippen molar-refractivity contribution in [2.24, 2.45) is 0 Å². The van der Waals surface area contributed by atoms with Gasteiger partial charge in [0.2, 0.25) is 11.8 Å². The van der Waals surface area contributed by atoms with Crippen molar-refractivity contribution in [1.82, 2.24) is 15.5 Å². The number of hydrogen-bond acceptors (Lipinski definition) is 4. The number of benzene rings is 1. The standard InChI is InChI=1S/C15H19N3O3/c19-14-13-8-16-6-7-18(13)15(20)12(17-14)10-21-9-11-4-2-1-3-5-11/h1-5,12-13,16H,6-10H2,(H,17,19)/t12-,13+/m0/s1. The highest BCUT2D eigenvalue weighted by Crippen LogP contribution is 2.12. The highest BCUT2D eigenvalue weighted by molar-refractivity contribution is 5.97. The van der Waals surface area contributed by atoms with E-state index in [0.29, 0.717) is 19.7 Å². The Balaban J connectivity index is 1.56. The summed E-state index contributed by atoms with van der Waals surface area (Å²) in [4.78, 5) is 26.0. The first kappa shape index (κ1) is 14.0. The molecule has 3 rings (SSSR count). The molecule has 2 atom stereocenters. The Morgan fingerprint density at radius 2 is 2.05 bits per heavy atom. The molecule has 2 N–H and O–H groups in total. The fourth-order valence-electron chi connectivity index (χ4n) is 2.71. The van der Waals surface area contributed by atoms with E-state index in [0.717, 1.165) is 12.1 Å². The first-order valence-electron chi connectivity index (χ1n) is 7.19. The van der Waals surface area contributed by atoms with Gasteiger partial charge in [-0.15, -0.1) is 0 Å². The van der Waals surface area contributed by atoms with Crippen molar-refractivity contribution >= 4 is 11.8 Å². The van der Waals surface area contributed by atoms with Crippen molar-refractivity contribution in [3.8, 4) is 0 Å². The summed E-state index contributed by atoms with van der Waals surface area (Å²) >= 11 is 0. The maximum Gasteiger partial charge on any atom is 0.248 e. The Kier molecular flexibility index (Phi) is 4.17. The Hall–Kier alpha value is -1.92. The predicted molar refractivity (Wildman–Crippen MR) is 76.4 cm³/mol. The number of nitrogens with one attached hydrogen (secondary N) is 2. The van der Waals surface area contributed by atoms with E-state index in [4.69, 9.17) is 4.74 Å². The summed E-state index contributed by atoms with van der Waals surface area (Å²) in [6.07, 6.45) is 0. The first-order chi connectivity index (χ1) is 10.3. The molecule has 6 nitrogen and oxygen atoms in total. The van der Waals surface area contributed by atoms with E-state index in [-0.39, 0.29) is 24.5 Å². The van der Waals surface area contributed by atoms with Gasteiger partial charge in [-0.1, -0.05) is 30.3 Å². The molecule has 0 radical (unpaired) electrons. The second-order valence-electron chi connectivity index (χ2n) is 5.31. The van der Waals surface area contributed by atoms with Crippen molar-refractivity contribution in [3.63, 3.8) is 0 Å². The number of fused-ring (bicyclic) bond motifs is 1. The van der Waals surface area contributed by atoms with Gasteiger partial charge in [0, 0.05) is 19.6 Å². The van der Waals surface area contributed by atoms with Gasteiger partial charge in [-0.05, 0) is 5.56 Å². The summed E-state index contributed by atoms with van der Waals surface area (Å²) in [6.45, 7) is 2.47. The summed E-state index contributed by atoms with van der Waals surface area (Å²) in [5.74, 6) is -0.149. The topological polar surface area (TPSA) is 70.7 Å². The number of piperazine rings is 2. The number of ether oxygens (including phenoxy) is 1. The van der Waals surface area contributed by atoms with Gasteiger partial charge in [0.1, 0.15) is 12.1 Å². The molecule has 0 spiro atoms. The quantitative estimate of drug-likeness (QED) is 0.784. The van der Waals surface area contributed by atoms with Crippen LogP contribution in [0.4, 0.5) is 0 Å². The Labute approximate surface area is 123 Å². The predicted octanol–water partition coefficient (Wildman–Crippen LogP) is -0.498. The fraction of sp³-hybridized carbons (Fsp3) is 0.467. The lowest BCUT2D eigenvalue weighted by molar-refractivity contribution is -0.152. The lowest BCUT2D eigenvalue weighted by Crippen LogP contribution is -2.69. The van der Waals surface area contributed by atoms with Gasteiger partial charge in [0.25, 0.3) is 0 Å². The highest BCUT2D eigenvalue weighted by Gasteiger charge is 2.41. The lowest BCUT2D eigenvalue weighted by Gasteiger charge is -2.41. The van der Waals surface area contributed by atoms with Crippen LogP contribution in [0.15, 0.2) is 30.3 Å². The van der Waals surface area contributed by atoms with Crippen LogP contribution < -0.4 is 10.6 Å². The van der Waals surface area contributed by atoms with Crippen LogP contribution in [-0.4, -0.2) is 55.0 Å². The minimum Gasteiger partial charge on any atom is -0.374 e. The molecule has 2 saturated heterocycles. The highest BCUT2D eigenvalue weighted by atomic mass is 16.5. The molecule has 2 heterocycles. The molecule has 0 aliphatic carbocycles. The van der Waals surface area contributed by atoms with E-state index in [9.17, 15) is 9.59 Å². The molecule has 6 heteroatoms. The SMILES string of the molecule is O=C1N[C@@H](COCc2ccccc2)C(=O)N2CCNC[C@H]12. The van der Waals surface area contributed by atoms with E-state index < -0.39 is 6.04 Å². The zero-order valence-corrected chi connectivity index (χ0v) is 11.7. The first-order valence-corrected chi connectivity index (χ1v) is 7.19. The second-order valence-corrected chi connectivity index (χ2v) is 5.31. The average molecular weight is 289 g/mol. The molecule has 2 amide bonds. The summed E-state index contributed by atoms with van der Waals surface area (Å²) in [7, 11) is 0. The molecule has 2 aliphatic heterocycles. The number of nitrogens with zero attached hydrogens (tertiary/aromatic N) is 1. The number of hydrogen-bond donors (Lipinski definition) is 2. The van der Waals surface area contributed by atoms with Crippen LogP contribution in [0.2, 0.25) is 0 Å². The van der Waals surface area contributed by atoms with E-state index in [1.165, 1.54) is 0 Å². The minimum absolute atomic E-state index is 0.0471. The molecule has 1 aromatic carbocycles. The largest absolute Gasteiger partial charge is 0.374 e. The summed E-state index contributed by atoms with van der Waals surface area (Å²) in [5.41, 5.74) is 1.05. The summed E-state index contributed by atoms with van der Waals surface area (Å²) in [5, 5.41) is 5.88. The maximum atomic E-state index is 12.4. The number of amides is 2. The summed E-state index contributed by atoms with van der Waals surface area (Å²) < 4.78 is 5.58. The van der Waals surface area contributed by atoms with Crippen molar-refractivity contribution < 1.29 is 14.3 Å². The van der Waals surface area contributed by atoms with Gasteiger partial charge in [-0.3, -0.25) is 9.59 Å². The van der Waals surface area contributed by atoms with Crippen LogP contribution in [0.3, 0.4) is 0 Å². The van der Waals surface area contributed by atoms with Crippen LogP contribution in [0.25, 0.3) is 0 Å². The monoisotopic (exact) mass is 289 g/mol. The summed E-state index contributed by atoms with van der Waals surface area (Å²) in [6, 6.07) is 8.81. The molecule has 21 heavy (non-hydrogen) atoms. The molecule has 0 unspecified atom stereocenters. The third-order valence-electron chi connectivity index (χ3n) is 3.84. The van der Waals surface area contributed by atoms with Crippen LogP contribution in [0, 0.1) is 0 Å². The van der Waals surface area contributed by atoms with Gasteiger partial charge in [0.15, 0.2) is 0 Å². The van der Waals surface area contributed by atoms with Crippen LogP contribution in [0.1, 0.15) is 5.56 Å². The number of carbonyl (C=O) groups excluding carboxylic acids is 2. The zero-order valence-electron chi connectivity index (χ0n) is 11.7. The minimum atomic E-state index is -0.574. The van der Waals surface area contributed by atoms with Crippen molar-refractivity contribution in [3.05, 3.63) is 35.9 Å². The molecule has 2 fully saturated rings. The third kappa shape index (κ3) is 3.06. The van der Waals surface area contributed by atoms with Gasteiger partial charge < -0.3 is 20.3 Å². The molecule has 0 aromatic heterocycles. The second kappa shape index (κ2) is 6.24. The fourth-order valence-corrected chi connectivity index (χ4v) is 2.71. The van der Waals surface area contributed by atoms with Crippen LogP contribution >= 0.6 is 0 Å². The van der Waals surface area contributed by atoms with E-state index in [2.05, 4.69) is 10.6 Å². The van der Waals surface area contributed by atoms with Crippen molar-refractivity contribution in [2.75, 3.05) is 26.2 Å². The van der Waals surface area contributed by atoms with E-state index >= 15 is 0 Å². The molecule has 0 saturated carbocycles. The molecule has 2 aliphatic rings. The van der Waals surface area contributed by atoms with Crippen LogP contribution in [0.5, 0.6) is 0 Å². The Morgan fingerprint density at radius 1 is 1.24 bits per heavy atom. The average Bonchev–Trinajstić information content (AvgIpc) is 2.53. The van der Waals surface area contributed by atoms with Gasteiger partial charge >= 0.3 is 0 Å². The van der Waals surface area contributed by atoms with Crippen molar-refractivity contribution in [2.45, 2.75) is 18.7 Å². The Bertz CT molecular complexity index is 520. The normalized spacial score (nSPS) is 25.4. The molecule has 1 aromatic rings. The van der Waals surface area contributed by atoms with Gasteiger partial charge in [-0.2, -0.15) is 0 Å². The molecule has 0 bridgehead atoms. The molecule has 112 valence electrons.